The summed E-state index contributed by atoms with van der Waals surface area (Å²) in [5.41, 5.74) is 2.70. The molecule has 1 aliphatic heterocycles. The second-order valence-electron chi connectivity index (χ2n) is 6.48. The third kappa shape index (κ3) is 4.31. The van der Waals surface area contributed by atoms with Gasteiger partial charge in [-0.25, -0.2) is 4.39 Å². The molecule has 0 atom stereocenters. The Morgan fingerprint density at radius 1 is 1.00 bits per heavy atom. The van der Waals surface area contributed by atoms with Gasteiger partial charge in [-0.3, -0.25) is 0 Å². The monoisotopic (exact) mass is 364 g/mol. The molecule has 1 saturated heterocycles. The number of halogens is 1. The van der Waals surface area contributed by atoms with Gasteiger partial charge in [0.05, 0.1) is 6.20 Å². The van der Waals surface area contributed by atoms with Crippen molar-refractivity contribution in [1.29, 1.82) is 0 Å². The predicted octanol–water partition coefficient (Wildman–Crippen LogP) is 3.97. The fourth-order valence-electron chi connectivity index (χ4n) is 3.13. The van der Waals surface area contributed by atoms with Gasteiger partial charge in [-0.15, -0.1) is 5.10 Å². The summed E-state index contributed by atoms with van der Waals surface area (Å²) in [4.78, 5) is 6.77. The van der Waals surface area contributed by atoms with E-state index in [-0.39, 0.29) is 5.82 Å². The number of hydrogen-bond acceptors (Lipinski definition) is 6. The Morgan fingerprint density at radius 2 is 1.78 bits per heavy atom. The van der Waals surface area contributed by atoms with Gasteiger partial charge in [0, 0.05) is 36.6 Å². The molecule has 27 heavy (non-hydrogen) atoms. The van der Waals surface area contributed by atoms with E-state index >= 15 is 0 Å². The van der Waals surface area contributed by atoms with Crippen LogP contribution in [-0.4, -0.2) is 28.3 Å². The van der Waals surface area contributed by atoms with Crippen molar-refractivity contribution in [3.05, 3.63) is 66.1 Å². The van der Waals surface area contributed by atoms with E-state index in [1.807, 2.05) is 12.1 Å². The lowest BCUT2D eigenvalue weighted by molar-refractivity contribution is 0.613. The van der Waals surface area contributed by atoms with Crippen molar-refractivity contribution in [2.24, 2.45) is 0 Å². The van der Waals surface area contributed by atoms with Crippen LogP contribution in [0.3, 0.4) is 0 Å². The van der Waals surface area contributed by atoms with Gasteiger partial charge in [-0.05, 0) is 43.2 Å². The Labute approximate surface area is 157 Å². The van der Waals surface area contributed by atoms with Crippen LogP contribution in [-0.2, 0) is 6.54 Å². The van der Waals surface area contributed by atoms with Crippen molar-refractivity contribution < 1.29 is 4.39 Å². The first-order valence-electron chi connectivity index (χ1n) is 9.07. The van der Waals surface area contributed by atoms with Gasteiger partial charge >= 0.3 is 0 Å². The summed E-state index contributed by atoms with van der Waals surface area (Å²) in [6.07, 6.45) is 4.03. The van der Waals surface area contributed by atoms with E-state index in [2.05, 4.69) is 42.8 Å². The minimum Gasteiger partial charge on any atom is -0.372 e. The summed E-state index contributed by atoms with van der Waals surface area (Å²) in [7, 11) is 0. The average molecular weight is 364 g/mol. The van der Waals surface area contributed by atoms with Crippen LogP contribution in [0.15, 0.2) is 54.7 Å². The Hall–Kier alpha value is -3.22. The summed E-state index contributed by atoms with van der Waals surface area (Å²) in [6, 6.07) is 14.9. The lowest BCUT2D eigenvalue weighted by atomic mass is 10.2. The molecule has 4 rings (SSSR count). The SMILES string of the molecule is Fc1ccccc1CNc1cnnc(Nc2ccc(N3CCCC3)cc2)n1. The molecule has 0 saturated carbocycles. The van der Waals surface area contributed by atoms with Crippen LogP contribution in [0, 0.1) is 5.82 Å². The van der Waals surface area contributed by atoms with E-state index in [1.165, 1.54) is 30.8 Å². The first-order valence-corrected chi connectivity index (χ1v) is 9.07. The van der Waals surface area contributed by atoms with Crippen molar-refractivity contribution in [3.8, 4) is 0 Å². The highest BCUT2D eigenvalue weighted by Gasteiger charge is 2.12. The molecule has 0 spiro atoms. The molecule has 1 aliphatic rings. The van der Waals surface area contributed by atoms with E-state index in [9.17, 15) is 4.39 Å². The zero-order chi connectivity index (χ0) is 18.5. The summed E-state index contributed by atoms with van der Waals surface area (Å²) in [5, 5.41) is 14.2. The Bertz CT molecular complexity index is 893. The molecule has 0 bridgehead atoms. The van der Waals surface area contributed by atoms with Gasteiger partial charge in [0.2, 0.25) is 5.95 Å². The lowest BCUT2D eigenvalue weighted by Gasteiger charge is -2.17. The van der Waals surface area contributed by atoms with Gasteiger partial charge in [0.1, 0.15) is 5.82 Å². The van der Waals surface area contributed by atoms with Crippen LogP contribution in [0.4, 0.5) is 27.5 Å². The second kappa shape index (κ2) is 7.99. The Kier molecular flexibility index (Phi) is 5.09. The van der Waals surface area contributed by atoms with Crippen molar-refractivity contribution in [2.75, 3.05) is 28.6 Å². The third-order valence-corrected chi connectivity index (χ3v) is 4.57. The Balaban J connectivity index is 1.39. The molecular weight excluding hydrogens is 343 g/mol. The maximum absolute atomic E-state index is 13.7. The lowest BCUT2D eigenvalue weighted by Crippen LogP contribution is -2.17. The minimum absolute atomic E-state index is 0.247. The number of anilines is 4. The van der Waals surface area contributed by atoms with E-state index in [1.54, 1.807) is 18.2 Å². The minimum atomic E-state index is -0.247. The number of rotatable bonds is 6. The van der Waals surface area contributed by atoms with Crippen LogP contribution < -0.4 is 15.5 Å². The standard InChI is InChI=1S/C20H21FN6/c21-18-6-2-1-5-15(18)13-22-19-14-23-26-20(25-19)24-16-7-9-17(10-8-16)27-11-3-4-12-27/h1-2,5-10,14H,3-4,11-13H2,(H2,22,24,25,26). The molecule has 2 aromatic carbocycles. The molecule has 0 amide bonds. The number of hydrogen-bond donors (Lipinski definition) is 2. The highest BCUT2D eigenvalue weighted by atomic mass is 19.1. The quantitative estimate of drug-likeness (QED) is 0.690. The smallest absolute Gasteiger partial charge is 0.249 e. The summed E-state index contributed by atoms with van der Waals surface area (Å²) < 4.78 is 13.7. The van der Waals surface area contributed by atoms with E-state index in [4.69, 9.17) is 0 Å². The zero-order valence-corrected chi connectivity index (χ0v) is 14.9. The average Bonchev–Trinajstić information content (AvgIpc) is 3.23. The molecule has 7 heteroatoms. The van der Waals surface area contributed by atoms with Crippen molar-refractivity contribution in [2.45, 2.75) is 19.4 Å². The first kappa shape index (κ1) is 17.2. The molecule has 2 N–H and O–H groups in total. The molecule has 3 aromatic rings. The van der Waals surface area contributed by atoms with Gasteiger partial charge in [0.25, 0.3) is 0 Å². The molecule has 0 aliphatic carbocycles. The van der Waals surface area contributed by atoms with Crippen LogP contribution in [0.25, 0.3) is 0 Å². The third-order valence-electron chi connectivity index (χ3n) is 4.57. The van der Waals surface area contributed by atoms with Crippen molar-refractivity contribution >= 4 is 23.1 Å². The normalized spacial score (nSPS) is 13.6. The highest BCUT2D eigenvalue weighted by Crippen LogP contribution is 2.23. The molecule has 1 fully saturated rings. The molecule has 6 nitrogen and oxygen atoms in total. The van der Waals surface area contributed by atoms with Gasteiger partial charge in [-0.1, -0.05) is 18.2 Å². The van der Waals surface area contributed by atoms with Crippen LogP contribution in [0.1, 0.15) is 18.4 Å². The number of benzene rings is 2. The molecule has 0 radical (unpaired) electrons. The maximum atomic E-state index is 13.7. The Morgan fingerprint density at radius 3 is 2.56 bits per heavy atom. The molecular formula is C20H21FN6. The van der Waals surface area contributed by atoms with Crippen molar-refractivity contribution in [3.63, 3.8) is 0 Å². The van der Waals surface area contributed by atoms with Gasteiger partial charge in [-0.2, -0.15) is 10.1 Å². The highest BCUT2D eigenvalue weighted by molar-refractivity contribution is 5.59. The largest absolute Gasteiger partial charge is 0.372 e. The van der Waals surface area contributed by atoms with Gasteiger partial charge in [0.15, 0.2) is 5.82 Å². The zero-order valence-electron chi connectivity index (χ0n) is 14.9. The van der Waals surface area contributed by atoms with Crippen LogP contribution in [0.5, 0.6) is 0 Å². The predicted molar refractivity (Wildman–Crippen MR) is 105 cm³/mol. The topological polar surface area (TPSA) is 66.0 Å². The summed E-state index contributed by atoms with van der Waals surface area (Å²) in [6.45, 7) is 2.57. The van der Waals surface area contributed by atoms with Gasteiger partial charge < -0.3 is 15.5 Å². The van der Waals surface area contributed by atoms with E-state index < -0.39 is 0 Å². The second-order valence-corrected chi connectivity index (χ2v) is 6.48. The summed E-state index contributed by atoms with van der Waals surface area (Å²) in [5.74, 6) is 0.676. The number of aromatic nitrogens is 3. The number of nitrogens with one attached hydrogen (secondary N) is 2. The molecule has 2 heterocycles. The molecule has 0 unspecified atom stereocenters. The fourth-order valence-corrected chi connectivity index (χ4v) is 3.13. The maximum Gasteiger partial charge on any atom is 0.249 e. The summed E-state index contributed by atoms with van der Waals surface area (Å²) >= 11 is 0. The van der Waals surface area contributed by atoms with E-state index in [0.29, 0.717) is 23.9 Å². The fraction of sp³-hybridized carbons (Fsp3) is 0.250. The number of nitrogens with zero attached hydrogens (tertiary/aromatic N) is 4. The van der Waals surface area contributed by atoms with E-state index in [0.717, 1.165) is 18.8 Å². The van der Waals surface area contributed by atoms with Crippen LogP contribution in [0.2, 0.25) is 0 Å². The van der Waals surface area contributed by atoms with Crippen molar-refractivity contribution in [1.82, 2.24) is 15.2 Å². The first-order chi connectivity index (χ1) is 13.3. The van der Waals surface area contributed by atoms with Crippen LogP contribution >= 0.6 is 0 Å². The molecule has 1 aromatic heterocycles. The molecule has 138 valence electrons.